The number of carbonyl (C=O) groups is 2. The highest BCUT2D eigenvalue weighted by Crippen LogP contribution is 2.29. The Morgan fingerprint density at radius 2 is 1.89 bits per heavy atom. The van der Waals surface area contributed by atoms with Crippen LogP contribution in [-0.2, 0) is 22.6 Å². The average Bonchev–Trinajstić information content (AvgIpc) is 3.21. The zero-order valence-corrected chi connectivity index (χ0v) is 16.0. The van der Waals surface area contributed by atoms with Crippen molar-refractivity contribution in [1.82, 2.24) is 4.90 Å². The molecule has 2 aliphatic rings. The summed E-state index contributed by atoms with van der Waals surface area (Å²) in [5, 5.41) is 3.04. The van der Waals surface area contributed by atoms with E-state index < -0.39 is 0 Å². The van der Waals surface area contributed by atoms with Crippen LogP contribution >= 0.6 is 0 Å². The van der Waals surface area contributed by atoms with Crippen LogP contribution in [0, 0.1) is 5.92 Å². The SMILES string of the molecule is O=C(Nc1ccc2c(c1)CN(CCc1ccccc1)C(=O)CO2)C1CCCC1. The van der Waals surface area contributed by atoms with Crippen LogP contribution in [-0.4, -0.2) is 29.9 Å². The lowest BCUT2D eigenvalue weighted by Gasteiger charge is -2.20. The van der Waals surface area contributed by atoms with Gasteiger partial charge in [-0.1, -0.05) is 43.2 Å². The van der Waals surface area contributed by atoms with Gasteiger partial charge in [0.25, 0.3) is 5.91 Å². The van der Waals surface area contributed by atoms with Crippen LogP contribution in [0.4, 0.5) is 5.69 Å². The van der Waals surface area contributed by atoms with Crippen molar-refractivity contribution < 1.29 is 14.3 Å². The molecule has 0 bridgehead atoms. The van der Waals surface area contributed by atoms with Crippen molar-refractivity contribution in [1.29, 1.82) is 0 Å². The van der Waals surface area contributed by atoms with Crippen molar-refractivity contribution in [2.24, 2.45) is 5.92 Å². The van der Waals surface area contributed by atoms with E-state index >= 15 is 0 Å². The maximum absolute atomic E-state index is 12.5. The lowest BCUT2D eigenvalue weighted by Crippen LogP contribution is -2.34. The van der Waals surface area contributed by atoms with Gasteiger partial charge in [-0.25, -0.2) is 0 Å². The second-order valence-electron chi connectivity index (χ2n) is 7.63. The maximum Gasteiger partial charge on any atom is 0.260 e. The van der Waals surface area contributed by atoms with Gasteiger partial charge in [-0.2, -0.15) is 0 Å². The molecule has 0 aromatic heterocycles. The van der Waals surface area contributed by atoms with Crippen molar-refractivity contribution in [3.8, 4) is 5.75 Å². The normalized spacial score (nSPS) is 17.0. The Labute approximate surface area is 165 Å². The highest BCUT2D eigenvalue weighted by molar-refractivity contribution is 5.93. The summed E-state index contributed by atoms with van der Waals surface area (Å²) in [6.07, 6.45) is 5.02. The van der Waals surface area contributed by atoms with Crippen LogP contribution in [0.15, 0.2) is 48.5 Å². The molecule has 1 heterocycles. The largest absolute Gasteiger partial charge is 0.483 e. The molecule has 1 N–H and O–H groups in total. The minimum atomic E-state index is -0.0105. The van der Waals surface area contributed by atoms with Gasteiger partial charge in [-0.15, -0.1) is 0 Å². The number of rotatable bonds is 5. The first kappa shape index (κ1) is 18.5. The fourth-order valence-corrected chi connectivity index (χ4v) is 3.99. The molecule has 1 fully saturated rings. The number of anilines is 1. The van der Waals surface area contributed by atoms with E-state index in [1.807, 2.05) is 41.3 Å². The van der Waals surface area contributed by atoms with Gasteiger partial charge in [0, 0.05) is 30.3 Å². The fraction of sp³-hybridized carbons (Fsp3) is 0.391. The fourth-order valence-electron chi connectivity index (χ4n) is 3.99. The van der Waals surface area contributed by atoms with Crippen LogP contribution in [0.2, 0.25) is 0 Å². The van der Waals surface area contributed by atoms with Crippen molar-refractivity contribution in [2.45, 2.75) is 38.6 Å². The number of nitrogens with zero attached hydrogens (tertiary/aromatic N) is 1. The molecular formula is C23H26N2O3. The number of hydrogen-bond donors (Lipinski definition) is 1. The highest BCUT2D eigenvalue weighted by atomic mass is 16.5. The Bertz CT molecular complexity index is 844. The minimum absolute atomic E-state index is 0.0105. The maximum atomic E-state index is 12.5. The number of benzene rings is 2. The van der Waals surface area contributed by atoms with Gasteiger partial charge in [-0.05, 0) is 43.0 Å². The summed E-state index contributed by atoms with van der Waals surface area (Å²) >= 11 is 0. The number of carbonyl (C=O) groups excluding carboxylic acids is 2. The first-order valence-electron chi connectivity index (χ1n) is 10.1. The van der Waals surface area contributed by atoms with E-state index in [4.69, 9.17) is 4.74 Å². The lowest BCUT2D eigenvalue weighted by molar-refractivity contribution is -0.133. The molecule has 0 spiro atoms. The molecule has 1 aliphatic heterocycles. The van der Waals surface area contributed by atoms with Crippen molar-refractivity contribution in [2.75, 3.05) is 18.5 Å². The third-order valence-corrected chi connectivity index (χ3v) is 5.63. The second-order valence-corrected chi connectivity index (χ2v) is 7.63. The molecule has 1 aliphatic carbocycles. The van der Waals surface area contributed by atoms with Gasteiger partial charge >= 0.3 is 0 Å². The number of ether oxygens (including phenoxy) is 1. The van der Waals surface area contributed by atoms with Gasteiger partial charge in [0.1, 0.15) is 5.75 Å². The summed E-state index contributed by atoms with van der Waals surface area (Å²) in [7, 11) is 0. The zero-order chi connectivity index (χ0) is 19.3. The minimum Gasteiger partial charge on any atom is -0.483 e. The Kier molecular flexibility index (Phi) is 5.60. The molecule has 28 heavy (non-hydrogen) atoms. The Morgan fingerprint density at radius 1 is 1.11 bits per heavy atom. The topological polar surface area (TPSA) is 58.6 Å². The van der Waals surface area contributed by atoms with E-state index in [1.54, 1.807) is 0 Å². The number of amides is 2. The number of fused-ring (bicyclic) bond motifs is 1. The molecule has 2 aromatic rings. The number of nitrogens with one attached hydrogen (secondary N) is 1. The highest BCUT2D eigenvalue weighted by Gasteiger charge is 2.24. The number of hydrogen-bond acceptors (Lipinski definition) is 3. The van der Waals surface area contributed by atoms with Crippen molar-refractivity contribution in [3.63, 3.8) is 0 Å². The van der Waals surface area contributed by atoms with E-state index in [1.165, 1.54) is 5.56 Å². The van der Waals surface area contributed by atoms with E-state index in [-0.39, 0.29) is 24.3 Å². The zero-order valence-electron chi connectivity index (χ0n) is 16.0. The van der Waals surface area contributed by atoms with E-state index in [2.05, 4.69) is 17.4 Å². The Morgan fingerprint density at radius 3 is 2.68 bits per heavy atom. The molecule has 0 unspecified atom stereocenters. The monoisotopic (exact) mass is 378 g/mol. The van der Waals surface area contributed by atoms with Crippen molar-refractivity contribution in [3.05, 3.63) is 59.7 Å². The lowest BCUT2D eigenvalue weighted by atomic mass is 10.1. The van der Waals surface area contributed by atoms with Crippen molar-refractivity contribution >= 4 is 17.5 Å². The second kappa shape index (κ2) is 8.46. The van der Waals surface area contributed by atoms with E-state index in [0.29, 0.717) is 13.1 Å². The third-order valence-electron chi connectivity index (χ3n) is 5.63. The smallest absolute Gasteiger partial charge is 0.260 e. The molecule has 1 saturated carbocycles. The Hall–Kier alpha value is -2.82. The molecule has 146 valence electrons. The predicted molar refractivity (Wildman–Crippen MR) is 108 cm³/mol. The molecule has 4 rings (SSSR count). The molecule has 0 atom stereocenters. The van der Waals surface area contributed by atoms with Crippen LogP contribution in [0.25, 0.3) is 0 Å². The van der Waals surface area contributed by atoms with Gasteiger partial charge in [0.15, 0.2) is 6.61 Å². The summed E-state index contributed by atoms with van der Waals surface area (Å²) in [4.78, 5) is 26.7. The molecule has 0 saturated heterocycles. The van der Waals surface area contributed by atoms with Crippen LogP contribution in [0.3, 0.4) is 0 Å². The summed E-state index contributed by atoms with van der Waals surface area (Å²) in [5.74, 6) is 0.932. The summed E-state index contributed by atoms with van der Waals surface area (Å²) in [6, 6.07) is 15.8. The third kappa shape index (κ3) is 4.35. The van der Waals surface area contributed by atoms with Gasteiger partial charge in [0.05, 0.1) is 0 Å². The van der Waals surface area contributed by atoms with E-state index in [0.717, 1.165) is 49.1 Å². The summed E-state index contributed by atoms with van der Waals surface area (Å²) in [5.41, 5.74) is 2.91. The quantitative estimate of drug-likeness (QED) is 0.861. The standard InChI is InChI=1S/C23H26N2O3/c26-22-16-28-21-11-10-20(24-23(27)18-8-4-5-9-18)14-19(21)15-25(22)13-12-17-6-2-1-3-7-17/h1-3,6-7,10-11,14,18H,4-5,8-9,12-13,15-16H2,(H,24,27). The molecular weight excluding hydrogens is 352 g/mol. The predicted octanol–water partition coefficient (Wildman–Crippen LogP) is 3.78. The molecule has 5 heteroatoms. The van der Waals surface area contributed by atoms with Gasteiger partial charge in [0.2, 0.25) is 5.91 Å². The summed E-state index contributed by atoms with van der Waals surface area (Å²) in [6.45, 7) is 1.19. The molecule has 0 radical (unpaired) electrons. The van der Waals surface area contributed by atoms with Crippen LogP contribution < -0.4 is 10.1 Å². The average molecular weight is 378 g/mol. The van der Waals surface area contributed by atoms with Crippen LogP contribution in [0.1, 0.15) is 36.8 Å². The molecule has 2 amide bonds. The van der Waals surface area contributed by atoms with Crippen LogP contribution in [0.5, 0.6) is 5.75 Å². The molecule has 2 aromatic carbocycles. The van der Waals surface area contributed by atoms with Gasteiger partial charge < -0.3 is 15.0 Å². The summed E-state index contributed by atoms with van der Waals surface area (Å²) < 4.78 is 5.70. The van der Waals surface area contributed by atoms with E-state index in [9.17, 15) is 9.59 Å². The molecule has 5 nitrogen and oxygen atoms in total. The van der Waals surface area contributed by atoms with Gasteiger partial charge in [-0.3, -0.25) is 9.59 Å². The first-order chi connectivity index (χ1) is 13.7. The first-order valence-corrected chi connectivity index (χ1v) is 10.1. The Balaban J connectivity index is 1.45.